The van der Waals surface area contributed by atoms with Crippen LogP contribution in [-0.4, -0.2) is 113 Å². The molecular formula is C38H47F2N7O5. The first-order valence-electron chi connectivity index (χ1n) is 18.2. The third-order valence-corrected chi connectivity index (χ3v) is 10.6. The number of hydrogen-bond acceptors (Lipinski definition) is 10. The molecule has 0 bridgehead atoms. The zero-order chi connectivity index (χ0) is 36.8. The second kappa shape index (κ2) is 14.1. The highest BCUT2D eigenvalue weighted by Gasteiger charge is 2.48. The molecule has 5 heterocycles. The number of H-pyrrole nitrogens is 1. The Labute approximate surface area is 301 Å². The van der Waals surface area contributed by atoms with Gasteiger partial charge in [-0.25, -0.2) is 13.6 Å². The molecule has 1 spiro atoms. The molecule has 0 atom stereocenters. The number of nitrogens with one attached hydrogen (secondary N) is 1. The number of piperidine rings is 2. The van der Waals surface area contributed by atoms with Crippen molar-refractivity contribution in [2.75, 3.05) is 57.3 Å². The molecule has 278 valence electrons. The molecule has 0 aliphatic carbocycles. The van der Waals surface area contributed by atoms with Crippen LogP contribution in [0.4, 0.5) is 19.4 Å². The lowest BCUT2D eigenvalue weighted by Gasteiger charge is -2.53. The molecular weight excluding hydrogens is 672 g/mol. The molecule has 0 unspecified atom stereocenters. The molecule has 3 aliphatic heterocycles. The number of rotatable bonds is 9. The zero-order valence-electron chi connectivity index (χ0n) is 30.5. The first-order chi connectivity index (χ1) is 24.9. The lowest BCUT2D eigenvalue weighted by molar-refractivity contribution is -0.0434. The molecule has 4 aromatic rings. The number of anilines is 1. The quantitative estimate of drug-likeness (QED) is 0.188. The van der Waals surface area contributed by atoms with Crippen LogP contribution in [0.5, 0.6) is 11.8 Å². The third kappa shape index (κ3) is 7.09. The Morgan fingerprint density at radius 1 is 1.08 bits per heavy atom. The maximum atomic E-state index is 13.9. The lowest BCUT2D eigenvalue weighted by atomic mass is 9.72. The van der Waals surface area contributed by atoms with Gasteiger partial charge in [-0.1, -0.05) is 13.0 Å². The van der Waals surface area contributed by atoms with Crippen molar-refractivity contribution in [1.29, 1.82) is 0 Å². The van der Waals surface area contributed by atoms with Crippen LogP contribution in [0.1, 0.15) is 69.3 Å². The normalized spacial score (nSPS) is 18.3. The number of fused-ring (bicyclic) bond motifs is 2. The number of halogens is 2. The minimum Gasteiger partial charge on any atom is -0.485 e. The molecule has 7 rings (SSSR count). The van der Waals surface area contributed by atoms with E-state index < -0.39 is 18.6 Å². The van der Waals surface area contributed by atoms with Crippen molar-refractivity contribution in [3.8, 4) is 22.9 Å². The van der Waals surface area contributed by atoms with E-state index in [2.05, 4.69) is 26.9 Å². The van der Waals surface area contributed by atoms with Gasteiger partial charge in [0.15, 0.2) is 12.0 Å². The SMILES string of the molecule is CCN1CCC(Oc2nc(N3CCC4(CC3)CN(C(=O)OC(C)(C)C)C4)c3cc(C=O)c(-c4c(C)ccc5[nH]ncc45)c(OCC(F)F)c3n2)CC1. The summed E-state index contributed by atoms with van der Waals surface area (Å²) in [6, 6.07) is 5.66. The number of aryl methyl sites for hydroxylation is 1. The zero-order valence-corrected chi connectivity index (χ0v) is 30.5. The smallest absolute Gasteiger partial charge is 0.410 e. The summed E-state index contributed by atoms with van der Waals surface area (Å²) in [6.07, 6.45) is 2.41. The van der Waals surface area contributed by atoms with Crippen molar-refractivity contribution in [3.63, 3.8) is 0 Å². The molecule has 0 saturated carbocycles. The van der Waals surface area contributed by atoms with Gasteiger partial charge in [-0.2, -0.15) is 15.1 Å². The Morgan fingerprint density at radius 3 is 2.46 bits per heavy atom. The van der Waals surface area contributed by atoms with Crippen molar-refractivity contribution in [3.05, 3.63) is 35.5 Å². The molecule has 2 aromatic carbocycles. The van der Waals surface area contributed by atoms with Crippen molar-refractivity contribution in [1.82, 2.24) is 30.0 Å². The van der Waals surface area contributed by atoms with Crippen LogP contribution in [0.2, 0.25) is 0 Å². The van der Waals surface area contributed by atoms with Gasteiger partial charge in [-0.15, -0.1) is 0 Å². The number of carbonyl (C=O) groups excluding carboxylic acids is 2. The standard InChI is InChI=1S/C38H47F2N7O5/c1-6-45-13-9-25(10-14-45)51-35-42-32-26(34(43-35)46-15-11-38(12-16-46)21-47(22-38)36(49)52-37(3,4)5)17-24(19-48)31(33(32)50-20-29(39)40)30-23(2)7-8-28-27(30)18-41-44-28/h7-8,17-19,25,29H,6,9-16,20-22H2,1-5H3,(H,41,44). The summed E-state index contributed by atoms with van der Waals surface area (Å²) >= 11 is 0. The van der Waals surface area contributed by atoms with Gasteiger partial charge in [0.1, 0.15) is 29.6 Å². The number of alkyl halides is 2. The van der Waals surface area contributed by atoms with Gasteiger partial charge in [-0.3, -0.25) is 9.89 Å². The Bertz CT molecular complexity index is 1950. The molecule has 1 amide bonds. The number of aldehydes is 1. The van der Waals surface area contributed by atoms with E-state index in [1.807, 2.05) is 39.8 Å². The number of carbonyl (C=O) groups is 2. The van der Waals surface area contributed by atoms with E-state index in [9.17, 15) is 18.4 Å². The van der Waals surface area contributed by atoms with Crippen LogP contribution in [0, 0.1) is 12.3 Å². The van der Waals surface area contributed by atoms with Gasteiger partial charge >= 0.3 is 12.1 Å². The van der Waals surface area contributed by atoms with Crippen LogP contribution >= 0.6 is 0 Å². The predicted molar refractivity (Wildman–Crippen MR) is 194 cm³/mol. The summed E-state index contributed by atoms with van der Waals surface area (Å²) in [5.74, 6) is 0.630. The number of aromatic nitrogens is 4. The van der Waals surface area contributed by atoms with Crippen LogP contribution in [0.3, 0.4) is 0 Å². The Kier molecular flexibility index (Phi) is 9.70. The maximum absolute atomic E-state index is 13.9. The number of aromatic amines is 1. The van der Waals surface area contributed by atoms with Crippen LogP contribution in [-0.2, 0) is 4.74 Å². The highest BCUT2D eigenvalue weighted by molar-refractivity contribution is 6.10. The molecule has 14 heteroatoms. The number of benzene rings is 2. The number of ether oxygens (including phenoxy) is 3. The average Bonchev–Trinajstić information content (AvgIpc) is 3.58. The third-order valence-electron chi connectivity index (χ3n) is 10.6. The van der Waals surface area contributed by atoms with Crippen LogP contribution in [0.15, 0.2) is 24.4 Å². The second-order valence-corrected chi connectivity index (χ2v) is 15.4. The van der Waals surface area contributed by atoms with Crippen molar-refractivity contribution >= 4 is 40.0 Å². The van der Waals surface area contributed by atoms with E-state index >= 15 is 0 Å². The number of amides is 1. The number of hydrogen-bond donors (Lipinski definition) is 1. The van der Waals surface area contributed by atoms with E-state index in [4.69, 9.17) is 24.2 Å². The first-order valence-corrected chi connectivity index (χ1v) is 18.2. The van der Waals surface area contributed by atoms with E-state index in [0.29, 0.717) is 54.0 Å². The summed E-state index contributed by atoms with van der Waals surface area (Å²) < 4.78 is 45.8. The van der Waals surface area contributed by atoms with Gasteiger partial charge in [-0.05, 0) is 77.6 Å². The summed E-state index contributed by atoms with van der Waals surface area (Å²) in [5.41, 5.74) is 2.52. The fourth-order valence-electron chi connectivity index (χ4n) is 7.83. The maximum Gasteiger partial charge on any atom is 0.410 e. The topological polar surface area (TPSA) is 126 Å². The molecule has 52 heavy (non-hydrogen) atoms. The van der Waals surface area contributed by atoms with E-state index in [1.165, 1.54) is 0 Å². The fraction of sp³-hybridized carbons (Fsp3) is 0.553. The van der Waals surface area contributed by atoms with Gasteiger partial charge in [0.25, 0.3) is 6.43 Å². The molecule has 1 N–H and O–H groups in total. The van der Waals surface area contributed by atoms with Crippen LogP contribution in [0.25, 0.3) is 32.9 Å². The highest BCUT2D eigenvalue weighted by atomic mass is 19.3. The Morgan fingerprint density at radius 2 is 1.81 bits per heavy atom. The average molecular weight is 720 g/mol. The predicted octanol–water partition coefficient (Wildman–Crippen LogP) is 6.64. The summed E-state index contributed by atoms with van der Waals surface area (Å²) in [5, 5.41) is 8.41. The van der Waals surface area contributed by atoms with E-state index in [-0.39, 0.29) is 34.9 Å². The largest absolute Gasteiger partial charge is 0.485 e. The summed E-state index contributed by atoms with van der Waals surface area (Å²) in [6.45, 7) is 14.0. The Hall–Kier alpha value is -4.59. The second-order valence-electron chi connectivity index (χ2n) is 15.4. The first kappa shape index (κ1) is 35.8. The van der Waals surface area contributed by atoms with Crippen molar-refractivity contribution in [2.24, 2.45) is 5.41 Å². The summed E-state index contributed by atoms with van der Waals surface area (Å²) in [7, 11) is 0. The van der Waals surface area contributed by atoms with Gasteiger partial charge < -0.3 is 28.9 Å². The minimum absolute atomic E-state index is 0.0315. The fourth-order valence-corrected chi connectivity index (χ4v) is 7.83. The minimum atomic E-state index is -2.77. The van der Waals surface area contributed by atoms with Crippen molar-refractivity contribution in [2.45, 2.75) is 78.4 Å². The number of likely N-dealkylation sites (tertiary alicyclic amines) is 2. The summed E-state index contributed by atoms with van der Waals surface area (Å²) in [4.78, 5) is 41.7. The number of nitrogens with zero attached hydrogens (tertiary/aromatic N) is 6. The van der Waals surface area contributed by atoms with E-state index in [1.54, 1.807) is 17.2 Å². The van der Waals surface area contributed by atoms with Gasteiger partial charge in [0, 0.05) is 72.1 Å². The van der Waals surface area contributed by atoms with E-state index in [0.717, 1.165) is 68.1 Å². The van der Waals surface area contributed by atoms with Crippen molar-refractivity contribution < 1.29 is 32.6 Å². The van der Waals surface area contributed by atoms with Gasteiger partial charge in [0.05, 0.1) is 11.7 Å². The monoisotopic (exact) mass is 719 g/mol. The molecule has 2 aromatic heterocycles. The molecule has 3 fully saturated rings. The molecule has 12 nitrogen and oxygen atoms in total. The van der Waals surface area contributed by atoms with Gasteiger partial charge in [0.2, 0.25) is 0 Å². The Balaban J connectivity index is 1.30. The van der Waals surface area contributed by atoms with Crippen LogP contribution < -0.4 is 14.4 Å². The lowest BCUT2D eigenvalue weighted by Crippen LogP contribution is -2.62. The molecule has 3 aliphatic rings. The molecule has 0 radical (unpaired) electrons. The molecule has 3 saturated heterocycles. The highest BCUT2D eigenvalue weighted by Crippen LogP contribution is 2.47.